The van der Waals surface area contributed by atoms with Gasteiger partial charge in [-0.1, -0.05) is 0 Å². The molecule has 34 heavy (non-hydrogen) atoms. The molecule has 0 saturated heterocycles. The maximum atomic E-state index is 6.97. The van der Waals surface area contributed by atoms with Gasteiger partial charge in [0.15, 0.2) is 0 Å². The second-order valence-corrected chi connectivity index (χ2v) is 18.7. The van der Waals surface area contributed by atoms with Crippen LogP contribution in [0.3, 0.4) is 0 Å². The summed E-state index contributed by atoms with van der Waals surface area (Å²) >= 11 is 7.65. The van der Waals surface area contributed by atoms with E-state index in [2.05, 4.69) is 124 Å². The molecule has 0 fully saturated rings. The van der Waals surface area contributed by atoms with Crippen LogP contribution in [0.2, 0.25) is 0 Å². The normalized spacial score (nSPS) is 14.6. The molecular formula is C28H44Br2CoN3. The first-order valence-electron chi connectivity index (χ1n) is 12.4. The molecule has 0 radical (unpaired) electrons. The average molecular weight is 641 g/mol. The number of halogens is 2. The van der Waals surface area contributed by atoms with E-state index >= 15 is 0 Å². The second kappa shape index (κ2) is 13.4. The molecule has 0 amide bonds. The molecule has 2 unspecified atom stereocenters. The Kier molecular flexibility index (Phi) is 11.8. The zero-order valence-electron chi connectivity index (χ0n) is 22.0. The molecule has 2 aromatic carbocycles. The Balaban J connectivity index is 2.41. The average Bonchev–Trinajstić information content (AvgIpc) is 2.76. The van der Waals surface area contributed by atoms with Gasteiger partial charge in [-0.25, -0.2) is 0 Å². The molecule has 0 aliphatic carbocycles. The molecule has 3 nitrogen and oxygen atoms in total. The van der Waals surface area contributed by atoms with Crippen LogP contribution in [0.15, 0.2) is 36.4 Å². The van der Waals surface area contributed by atoms with Crippen LogP contribution in [-0.2, 0) is 10.3 Å². The van der Waals surface area contributed by atoms with Crippen LogP contribution >= 0.6 is 28.3 Å². The van der Waals surface area contributed by atoms with E-state index in [1.54, 1.807) is 0 Å². The van der Waals surface area contributed by atoms with Gasteiger partial charge in [0, 0.05) is 0 Å². The van der Waals surface area contributed by atoms with Crippen molar-refractivity contribution in [1.82, 2.24) is 3.95 Å². The molecule has 2 rings (SSSR count). The quantitative estimate of drug-likeness (QED) is 0.260. The van der Waals surface area contributed by atoms with Gasteiger partial charge in [-0.3, -0.25) is 0 Å². The van der Waals surface area contributed by atoms with E-state index < -0.39 is 10.3 Å². The SMILES string of the molecule is CC(C)c1cccc(C(C)C)c1C(N)C[N](CC(N)c1c(C(C)C)cccc1C(C)C)[Co]([Br])[Br]. The topological polar surface area (TPSA) is 55.3 Å². The van der Waals surface area contributed by atoms with E-state index in [-0.39, 0.29) is 12.1 Å². The molecular weight excluding hydrogens is 597 g/mol. The molecule has 0 saturated carbocycles. The first-order chi connectivity index (χ1) is 15.9. The molecule has 0 spiro atoms. The van der Waals surface area contributed by atoms with E-state index in [1.807, 2.05) is 0 Å². The van der Waals surface area contributed by atoms with Gasteiger partial charge in [0.1, 0.15) is 0 Å². The summed E-state index contributed by atoms with van der Waals surface area (Å²) in [5.74, 6) is 1.71. The fourth-order valence-electron chi connectivity index (χ4n) is 4.83. The number of hydrogen-bond donors (Lipinski definition) is 2. The van der Waals surface area contributed by atoms with Crippen LogP contribution in [0.1, 0.15) is 125 Å². The van der Waals surface area contributed by atoms with Gasteiger partial charge in [-0.2, -0.15) is 0 Å². The fraction of sp³-hybridized carbons (Fsp3) is 0.571. The van der Waals surface area contributed by atoms with Crippen LogP contribution in [-0.4, -0.2) is 17.0 Å². The molecule has 2 atom stereocenters. The molecule has 0 aromatic heterocycles. The third-order valence-corrected chi connectivity index (χ3v) is 10.1. The molecule has 2 aromatic rings. The number of rotatable bonds is 11. The summed E-state index contributed by atoms with van der Waals surface area (Å²) in [5.41, 5.74) is 21.9. The molecule has 6 heteroatoms. The fourth-order valence-corrected chi connectivity index (χ4v) is 7.12. The Labute approximate surface area is 226 Å². The molecule has 4 N–H and O–H groups in total. The van der Waals surface area contributed by atoms with Crippen LogP contribution < -0.4 is 11.5 Å². The van der Waals surface area contributed by atoms with Crippen molar-refractivity contribution in [3.8, 4) is 0 Å². The number of nitrogens with zero attached hydrogens (tertiary/aromatic N) is 1. The first kappa shape index (κ1) is 30.0. The Morgan fingerprint density at radius 3 is 1.09 bits per heavy atom. The van der Waals surface area contributed by atoms with Crippen LogP contribution in [0.25, 0.3) is 0 Å². The van der Waals surface area contributed by atoms with E-state index in [0.717, 1.165) is 13.1 Å². The Morgan fingerprint density at radius 2 is 0.882 bits per heavy atom. The predicted molar refractivity (Wildman–Crippen MR) is 153 cm³/mol. The van der Waals surface area contributed by atoms with Crippen LogP contribution in [0.5, 0.6) is 0 Å². The summed E-state index contributed by atoms with van der Waals surface area (Å²) < 4.78 is 2.38. The van der Waals surface area contributed by atoms with Gasteiger partial charge in [0.05, 0.1) is 0 Å². The Morgan fingerprint density at radius 1 is 0.618 bits per heavy atom. The van der Waals surface area contributed by atoms with E-state index in [0.29, 0.717) is 23.7 Å². The van der Waals surface area contributed by atoms with Gasteiger partial charge in [0.25, 0.3) is 0 Å². The van der Waals surface area contributed by atoms with Crippen molar-refractivity contribution in [1.29, 1.82) is 0 Å². The van der Waals surface area contributed by atoms with Gasteiger partial charge in [-0.05, 0) is 0 Å². The number of benzene rings is 2. The summed E-state index contributed by atoms with van der Waals surface area (Å²) in [6.07, 6.45) is 0. The maximum absolute atomic E-state index is 6.97. The van der Waals surface area contributed by atoms with Gasteiger partial charge in [-0.15, -0.1) is 0 Å². The zero-order valence-corrected chi connectivity index (χ0v) is 26.2. The van der Waals surface area contributed by atoms with Crippen LogP contribution in [0, 0.1) is 0 Å². The van der Waals surface area contributed by atoms with E-state index in [1.165, 1.54) is 33.4 Å². The van der Waals surface area contributed by atoms with E-state index in [9.17, 15) is 0 Å². The van der Waals surface area contributed by atoms with Crippen LogP contribution in [0.4, 0.5) is 0 Å². The summed E-state index contributed by atoms with van der Waals surface area (Å²) in [4.78, 5) is 0. The van der Waals surface area contributed by atoms with Crippen molar-refractivity contribution in [2.24, 2.45) is 11.5 Å². The summed E-state index contributed by atoms with van der Waals surface area (Å²) in [6, 6.07) is 13.1. The summed E-state index contributed by atoms with van der Waals surface area (Å²) in [7, 11) is -0.686. The van der Waals surface area contributed by atoms with Gasteiger partial charge >= 0.3 is 228 Å². The minimum absolute atomic E-state index is 0.0902. The molecule has 0 aliphatic rings. The number of hydrogen-bond acceptors (Lipinski definition) is 3. The predicted octanol–water partition coefficient (Wildman–Crippen LogP) is 8.34. The molecule has 0 heterocycles. The third kappa shape index (κ3) is 7.40. The molecule has 0 aliphatic heterocycles. The second-order valence-electron chi connectivity index (χ2n) is 10.5. The van der Waals surface area contributed by atoms with Crippen molar-refractivity contribution < 1.29 is 10.3 Å². The van der Waals surface area contributed by atoms with Gasteiger partial charge in [0.2, 0.25) is 0 Å². The summed E-state index contributed by atoms with van der Waals surface area (Å²) in [5, 5.41) is 0. The van der Waals surface area contributed by atoms with Crippen molar-refractivity contribution in [2.45, 2.75) is 91.1 Å². The first-order valence-corrected chi connectivity index (χ1v) is 18.0. The standard InChI is InChI=1S/C28H44N3.2BrH.Co/c1-17(2)21-11-9-12-22(18(3)4)27(21)25(29)15-31-16-26(30)28-23(19(5)6)13-10-14-24(28)20(7)8;;;/h9-14,17-20,25-26H,15-16,29-30H2,1-8H3;2*1H;/q-1;;;+3/p-2. The molecule has 0 bridgehead atoms. The van der Waals surface area contributed by atoms with Crippen molar-refractivity contribution in [3.05, 3.63) is 69.8 Å². The van der Waals surface area contributed by atoms with Gasteiger partial charge < -0.3 is 0 Å². The minimum atomic E-state index is -0.686. The van der Waals surface area contributed by atoms with E-state index in [4.69, 9.17) is 11.5 Å². The third-order valence-electron chi connectivity index (χ3n) is 6.51. The summed E-state index contributed by atoms with van der Waals surface area (Å²) in [6.45, 7) is 19.5. The monoisotopic (exact) mass is 639 g/mol. The van der Waals surface area contributed by atoms with Crippen molar-refractivity contribution in [3.63, 3.8) is 0 Å². The Hall–Kier alpha value is -0.214. The molecule has 194 valence electrons. The van der Waals surface area contributed by atoms with Crippen molar-refractivity contribution >= 4 is 28.3 Å². The number of nitrogens with two attached hydrogens (primary N) is 2. The Bertz CT molecular complexity index is 804. The van der Waals surface area contributed by atoms with Crippen molar-refractivity contribution in [2.75, 3.05) is 13.1 Å². The zero-order chi connectivity index (χ0) is 25.7.